The SMILES string of the molecule is COC(CO)(NCCCN)OC. The third-order valence-corrected chi connectivity index (χ3v) is 1.64. The number of hydrogen-bond acceptors (Lipinski definition) is 5. The van der Waals surface area contributed by atoms with E-state index in [1.807, 2.05) is 0 Å². The standard InChI is InChI=1S/C7H18N2O3/c1-11-7(6-10,12-2)9-5-3-4-8/h9-10H,3-6,8H2,1-2H3. The smallest absolute Gasteiger partial charge is 0.251 e. The van der Waals surface area contributed by atoms with Crippen molar-refractivity contribution >= 4 is 0 Å². The Labute approximate surface area is 72.8 Å². The molecule has 74 valence electrons. The molecule has 5 heteroatoms. The Hall–Kier alpha value is -0.200. The van der Waals surface area contributed by atoms with E-state index in [9.17, 15) is 0 Å². The van der Waals surface area contributed by atoms with E-state index in [0.717, 1.165) is 6.42 Å². The number of nitrogens with one attached hydrogen (secondary N) is 1. The predicted molar refractivity (Wildman–Crippen MR) is 45.5 cm³/mol. The van der Waals surface area contributed by atoms with Crippen molar-refractivity contribution in [3.8, 4) is 0 Å². The number of hydrogen-bond donors (Lipinski definition) is 3. The molecule has 12 heavy (non-hydrogen) atoms. The molecule has 0 aliphatic carbocycles. The molecule has 0 aromatic heterocycles. The summed E-state index contributed by atoms with van der Waals surface area (Å²) in [6.07, 6.45) is 0.814. The van der Waals surface area contributed by atoms with E-state index in [4.69, 9.17) is 20.3 Å². The minimum absolute atomic E-state index is 0.232. The first-order valence-corrected chi connectivity index (χ1v) is 3.91. The molecule has 0 fully saturated rings. The third-order valence-electron chi connectivity index (χ3n) is 1.64. The van der Waals surface area contributed by atoms with Crippen molar-refractivity contribution in [1.29, 1.82) is 0 Å². The number of ether oxygens (including phenoxy) is 2. The van der Waals surface area contributed by atoms with Crippen LogP contribution in [0.1, 0.15) is 6.42 Å². The molecule has 0 saturated carbocycles. The van der Waals surface area contributed by atoms with Gasteiger partial charge in [-0.1, -0.05) is 0 Å². The molecular weight excluding hydrogens is 160 g/mol. The molecule has 0 aromatic rings. The lowest BCUT2D eigenvalue weighted by atomic mass is 10.4. The van der Waals surface area contributed by atoms with Crippen molar-refractivity contribution in [3.05, 3.63) is 0 Å². The lowest BCUT2D eigenvalue weighted by Gasteiger charge is -2.29. The minimum Gasteiger partial charge on any atom is -0.389 e. The molecule has 0 spiro atoms. The summed E-state index contributed by atoms with van der Waals surface area (Å²) in [6.45, 7) is 1.02. The summed E-state index contributed by atoms with van der Waals surface area (Å²) in [7, 11) is 2.93. The molecule has 4 N–H and O–H groups in total. The second-order valence-corrected chi connectivity index (χ2v) is 2.39. The molecule has 0 amide bonds. The molecule has 0 unspecified atom stereocenters. The Balaban J connectivity index is 3.76. The van der Waals surface area contributed by atoms with E-state index in [1.165, 1.54) is 14.2 Å². The lowest BCUT2D eigenvalue weighted by molar-refractivity contribution is -0.246. The lowest BCUT2D eigenvalue weighted by Crippen LogP contribution is -2.52. The summed E-state index contributed by atoms with van der Waals surface area (Å²) in [4.78, 5) is 0. The third kappa shape index (κ3) is 3.46. The fourth-order valence-corrected chi connectivity index (χ4v) is 0.794. The summed E-state index contributed by atoms with van der Waals surface area (Å²) in [5.41, 5.74) is 5.30. The summed E-state index contributed by atoms with van der Waals surface area (Å²) < 4.78 is 9.92. The summed E-state index contributed by atoms with van der Waals surface area (Å²) in [5.74, 6) is -1.07. The Morgan fingerprint density at radius 2 is 2.00 bits per heavy atom. The van der Waals surface area contributed by atoms with Crippen LogP contribution in [0.4, 0.5) is 0 Å². The zero-order valence-electron chi connectivity index (χ0n) is 7.67. The van der Waals surface area contributed by atoms with Gasteiger partial charge in [0.1, 0.15) is 6.61 Å². The van der Waals surface area contributed by atoms with Crippen LogP contribution in [0.3, 0.4) is 0 Å². The van der Waals surface area contributed by atoms with Crippen molar-refractivity contribution in [3.63, 3.8) is 0 Å². The molecule has 0 aromatic carbocycles. The van der Waals surface area contributed by atoms with Crippen molar-refractivity contribution < 1.29 is 14.6 Å². The Kier molecular flexibility index (Phi) is 6.23. The highest BCUT2D eigenvalue weighted by Gasteiger charge is 2.27. The van der Waals surface area contributed by atoms with E-state index in [1.54, 1.807) is 0 Å². The first-order chi connectivity index (χ1) is 5.74. The topological polar surface area (TPSA) is 76.7 Å². The van der Waals surface area contributed by atoms with Crippen molar-refractivity contribution in [2.24, 2.45) is 5.73 Å². The van der Waals surface area contributed by atoms with Crippen molar-refractivity contribution in [2.75, 3.05) is 33.9 Å². The van der Waals surface area contributed by atoms with Crippen molar-refractivity contribution in [1.82, 2.24) is 5.32 Å². The number of methoxy groups -OCH3 is 2. The molecule has 0 bridgehead atoms. The molecule has 0 aliphatic rings. The van der Waals surface area contributed by atoms with Gasteiger partial charge in [-0.3, -0.25) is 5.32 Å². The minimum atomic E-state index is -1.07. The zero-order valence-corrected chi connectivity index (χ0v) is 7.67. The second-order valence-electron chi connectivity index (χ2n) is 2.39. The summed E-state index contributed by atoms with van der Waals surface area (Å²) in [5, 5.41) is 11.8. The van der Waals surface area contributed by atoms with Gasteiger partial charge in [0.2, 0.25) is 0 Å². The molecule has 5 nitrogen and oxygen atoms in total. The van der Waals surface area contributed by atoms with E-state index in [2.05, 4.69) is 5.32 Å². The van der Waals surface area contributed by atoms with Crippen LogP contribution in [0.15, 0.2) is 0 Å². The monoisotopic (exact) mass is 178 g/mol. The van der Waals surface area contributed by atoms with Gasteiger partial charge in [0.25, 0.3) is 5.91 Å². The summed E-state index contributed by atoms with van der Waals surface area (Å²) >= 11 is 0. The quantitative estimate of drug-likeness (QED) is 0.339. The Morgan fingerprint density at radius 3 is 2.33 bits per heavy atom. The first kappa shape index (κ1) is 11.8. The van der Waals surface area contributed by atoms with Crippen LogP contribution in [-0.2, 0) is 9.47 Å². The van der Waals surface area contributed by atoms with E-state index >= 15 is 0 Å². The van der Waals surface area contributed by atoms with Gasteiger partial charge in [0, 0.05) is 20.8 Å². The van der Waals surface area contributed by atoms with Crippen LogP contribution in [0.5, 0.6) is 0 Å². The second kappa shape index (κ2) is 6.33. The molecular formula is C7H18N2O3. The molecule has 0 atom stereocenters. The Bertz CT molecular complexity index is 98.6. The normalized spacial score (nSPS) is 12.0. The molecule has 0 saturated heterocycles. The van der Waals surface area contributed by atoms with E-state index in [-0.39, 0.29) is 6.61 Å². The van der Waals surface area contributed by atoms with Crippen LogP contribution in [0.2, 0.25) is 0 Å². The highest BCUT2D eigenvalue weighted by molar-refractivity contribution is 4.64. The van der Waals surface area contributed by atoms with Gasteiger partial charge < -0.3 is 20.3 Å². The average molecular weight is 178 g/mol. The van der Waals surface area contributed by atoms with Gasteiger partial charge in [-0.25, -0.2) is 0 Å². The number of nitrogens with two attached hydrogens (primary N) is 1. The van der Waals surface area contributed by atoms with Gasteiger partial charge in [-0.15, -0.1) is 0 Å². The molecule has 0 radical (unpaired) electrons. The number of aliphatic hydroxyl groups is 1. The molecule has 0 aliphatic heterocycles. The number of aliphatic hydroxyl groups excluding tert-OH is 1. The van der Waals surface area contributed by atoms with Gasteiger partial charge in [0.15, 0.2) is 0 Å². The zero-order chi connectivity index (χ0) is 9.45. The van der Waals surface area contributed by atoms with Crippen LogP contribution >= 0.6 is 0 Å². The maximum atomic E-state index is 8.93. The highest BCUT2D eigenvalue weighted by atomic mass is 16.7. The highest BCUT2D eigenvalue weighted by Crippen LogP contribution is 2.04. The van der Waals surface area contributed by atoms with Crippen LogP contribution < -0.4 is 11.1 Å². The van der Waals surface area contributed by atoms with E-state index in [0.29, 0.717) is 13.1 Å². The Morgan fingerprint density at radius 1 is 1.42 bits per heavy atom. The van der Waals surface area contributed by atoms with Gasteiger partial charge >= 0.3 is 0 Å². The molecule has 0 rings (SSSR count). The average Bonchev–Trinajstić information content (AvgIpc) is 2.14. The number of rotatable bonds is 7. The fourth-order valence-electron chi connectivity index (χ4n) is 0.794. The van der Waals surface area contributed by atoms with Gasteiger partial charge in [-0.05, 0) is 13.0 Å². The predicted octanol–water partition coefficient (Wildman–Crippen LogP) is -1.14. The molecule has 0 heterocycles. The van der Waals surface area contributed by atoms with Crippen LogP contribution in [0.25, 0.3) is 0 Å². The maximum absolute atomic E-state index is 8.93. The van der Waals surface area contributed by atoms with E-state index < -0.39 is 5.91 Å². The summed E-state index contributed by atoms with van der Waals surface area (Å²) in [6, 6.07) is 0. The van der Waals surface area contributed by atoms with Gasteiger partial charge in [0.05, 0.1) is 0 Å². The first-order valence-electron chi connectivity index (χ1n) is 3.91. The fraction of sp³-hybridized carbons (Fsp3) is 1.00. The van der Waals surface area contributed by atoms with Crippen LogP contribution in [0, 0.1) is 0 Å². The van der Waals surface area contributed by atoms with Crippen molar-refractivity contribution in [2.45, 2.75) is 12.3 Å². The maximum Gasteiger partial charge on any atom is 0.251 e. The van der Waals surface area contributed by atoms with Gasteiger partial charge in [-0.2, -0.15) is 0 Å². The van der Waals surface area contributed by atoms with Crippen LogP contribution in [-0.4, -0.2) is 44.9 Å². The largest absolute Gasteiger partial charge is 0.389 e.